The molecule has 2 N–H and O–H groups in total. The van der Waals surface area contributed by atoms with E-state index in [0.717, 1.165) is 10.9 Å². The number of aromatic amines is 1. The van der Waals surface area contributed by atoms with Crippen LogP contribution in [0.15, 0.2) is 51.9 Å². The van der Waals surface area contributed by atoms with Crippen molar-refractivity contribution in [3.05, 3.63) is 58.8 Å². The predicted molar refractivity (Wildman–Crippen MR) is 93.6 cm³/mol. The first-order valence-electron chi connectivity index (χ1n) is 7.80. The van der Waals surface area contributed by atoms with Crippen molar-refractivity contribution in [3.8, 4) is 28.4 Å². The summed E-state index contributed by atoms with van der Waals surface area (Å²) in [6.45, 7) is -0.394. The Balaban J connectivity index is 1.94. The van der Waals surface area contributed by atoms with E-state index in [2.05, 4.69) is 20.1 Å². The van der Waals surface area contributed by atoms with Crippen molar-refractivity contribution in [2.24, 2.45) is 0 Å². The highest BCUT2D eigenvalue weighted by molar-refractivity contribution is 5.94. The number of H-pyrrole nitrogens is 1. The van der Waals surface area contributed by atoms with Crippen LogP contribution >= 0.6 is 0 Å². The number of hydrogen-bond acceptors (Lipinski definition) is 7. The number of ether oxygens (including phenoxy) is 1. The van der Waals surface area contributed by atoms with Crippen LogP contribution in [0.2, 0.25) is 0 Å². The molecule has 8 nitrogen and oxygen atoms in total. The van der Waals surface area contributed by atoms with Gasteiger partial charge in [0.25, 0.3) is 11.4 Å². The average Bonchev–Trinajstić information content (AvgIpc) is 3.16. The summed E-state index contributed by atoms with van der Waals surface area (Å²) in [5, 5.41) is 13.6. The van der Waals surface area contributed by atoms with Crippen molar-refractivity contribution in [3.63, 3.8) is 0 Å². The van der Waals surface area contributed by atoms with E-state index in [1.807, 2.05) is 24.3 Å². The van der Waals surface area contributed by atoms with Gasteiger partial charge in [0.05, 0.1) is 23.9 Å². The second kappa shape index (κ2) is 6.41. The molecule has 130 valence electrons. The molecule has 4 aromatic rings. The maximum Gasteiger partial charge on any atom is 0.259 e. The summed E-state index contributed by atoms with van der Waals surface area (Å²) in [6, 6.07) is 10.9. The molecule has 8 heteroatoms. The van der Waals surface area contributed by atoms with E-state index in [1.165, 1.54) is 0 Å². The van der Waals surface area contributed by atoms with Gasteiger partial charge in [0, 0.05) is 17.1 Å². The number of methoxy groups -OCH3 is 1. The Morgan fingerprint density at radius 2 is 2.15 bits per heavy atom. The third-order valence-corrected chi connectivity index (χ3v) is 3.96. The number of benzene rings is 1. The molecule has 26 heavy (non-hydrogen) atoms. The van der Waals surface area contributed by atoms with Crippen LogP contribution in [0.3, 0.4) is 0 Å². The number of nitrogens with one attached hydrogen (secondary N) is 1. The molecular formula is C18H14N4O4. The van der Waals surface area contributed by atoms with E-state index in [9.17, 15) is 4.79 Å². The summed E-state index contributed by atoms with van der Waals surface area (Å²) in [7, 11) is 1.60. The first kappa shape index (κ1) is 16.0. The van der Waals surface area contributed by atoms with Gasteiger partial charge in [-0.05, 0) is 24.3 Å². The molecule has 3 heterocycles. The number of hydrogen-bond donors (Lipinski definition) is 2. The smallest absolute Gasteiger partial charge is 0.259 e. The summed E-state index contributed by atoms with van der Waals surface area (Å²) in [5.74, 6) is 0.855. The molecule has 3 aromatic heterocycles. The number of aromatic nitrogens is 4. The summed E-state index contributed by atoms with van der Waals surface area (Å²) >= 11 is 0. The van der Waals surface area contributed by atoms with E-state index in [1.54, 1.807) is 25.4 Å². The molecular weight excluding hydrogens is 336 g/mol. The lowest BCUT2D eigenvalue weighted by molar-refractivity contribution is 0.222. The molecule has 0 atom stereocenters. The van der Waals surface area contributed by atoms with Crippen LogP contribution in [0.25, 0.3) is 33.5 Å². The Morgan fingerprint density at radius 3 is 2.92 bits per heavy atom. The fourth-order valence-corrected chi connectivity index (χ4v) is 2.72. The van der Waals surface area contributed by atoms with Gasteiger partial charge < -0.3 is 19.4 Å². The maximum atomic E-state index is 12.4. The first-order valence-corrected chi connectivity index (χ1v) is 7.80. The Kier molecular flexibility index (Phi) is 3.94. The molecule has 0 bridgehead atoms. The van der Waals surface area contributed by atoms with Crippen molar-refractivity contribution in [2.75, 3.05) is 7.11 Å². The normalized spacial score (nSPS) is 11.0. The molecule has 0 aliphatic heterocycles. The van der Waals surface area contributed by atoms with Crippen molar-refractivity contribution in [1.29, 1.82) is 0 Å². The lowest BCUT2D eigenvalue weighted by atomic mass is 10.0. The number of rotatable bonds is 4. The highest BCUT2D eigenvalue weighted by Gasteiger charge is 2.15. The van der Waals surface area contributed by atoms with Crippen LogP contribution < -0.4 is 10.3 Å². The van der Waals surface area contributed by atoms with Gasteiger partial charge >= 0.3 is 0 Å². The number of fused-ring (bicyclic) bond motifs is 1. The molecule has 1 aromatic carbocycles. The van der Waals surface area contributed by atoms with Gasteiger partial charge in [-0.3, -0.25) is 9.78 Å². The second-order valence-corrected chi connectivity index (χ2v) is 5.53. The quantitative estimate of drug-likeness (QED) is 0.579. The fraction of sp³-hybridized carbons (Fsp3) is 0.111. The van der Waals surface area contributed by atoms with Crippen molar-refractivity contribution in [1.82, 2.24) is 20.1 Å². The number of pyridine rings is 2. The molecule has 0 aliphatic carbocycles. The Morgan fingerprint density at radius 1 is 1.27 bits per heavy atom. The monoisotopic (exact) mass is 350 g/mol. The van der Waals surface area contributed by atoms with Gasteiger partial charge in [-0.15, -0.1) is 0 Å². The largest absolute Gasteiger partial charge is 0.497 e. The lowest BCUT2D eigenvalue weighted by Crippen LogP contribution is -2.10. The molecule has 0 saturated heterocycles. The molecule has 0 radical (unpaired) electrons. The molecule has 0 saturated carbocycles. The molecule has 0 fully saturated rings. The topological polar surface area (TPSA) is 114 Å². The fourth-order valence-electron chi connectivity index (χ4n) is 2.72. The standard InChI is InChI=1S/C18H14N4O4/c1-25-11-4-2-3-10(7-11)16-12-8-13(17-21-15(9-23)26-22-17)18(24)20-14(12)5-6-19-16/h2-8,23H,9H2,1H3,(H,20,24). The third-order valence-electron chi connectivity index (χ3n) is 3.96. The van der Waals surface area contributed by atoms with E-state index in [-0.39, 0.29) is 22.8 Å². The number of aliphatic hydroxyl groups is 1. The zero-order chi connectivity index (χ0) is 18.1. The van der Waals surface area contributed by atoms with Gasteiger partial charge in [-0.2, -0.15) is 4.98 Å². The van der Waals surface area contributed by atoms with Crippen LogP contribution in [0.1, 0.15) is 5.89 Å². The van der Waals surface area contributed by atoms with Crippen molar-refractivity contribution in [2.45, 2.75) is 6.61 Å². The SMILES string of the molecule is COc1cccc(-c2nccc3[nH]c(=O)c(-c4noc(CO)n4)cc23)c1. The number of nitrogens with zero attached hydrogens (tertiary/aromatic N) is 3. The van der Waals surface area contributed by atoms with Crippen LogP contribution in [-0.2, 0) is 6.61 Å². The zero-order valence-corrected chi connectivity index (χ0v) is 13.8. The summed E-state index contributed by atoms with van der Waals surface area (Å²) in [6.07, 6.45) is 1.63. The first-order chi connectivity index (χ1) is 12.7. The van der Waals surface area contributed by atoms with Gasteiger partial charge in [0.2, 0.25) is 5.82 Å². The average molecular weight is 350 g/mol. The van der Waals surface area contributed by atoms with Gasteiger partial charge in [0.1, 0.15) is 12.4 Å². The zero-order valence-electron chi connectivity index (χ0n) is 13.8. The Hall–Kier alpha value is -3.52. The van der Waals surface area contributed by atoms with Crippen molar-refractivity contribution >= 4 is 10.9 Å². The highest BCUT2D eigenvalue weighted by Crippen LogP contribution is 2.29. The minimum atomic E-state index is -0.394. The van der Waals surface area contributed by atoms with E-state index >= 15 is 0 Å². The van der Waals surface area contributed by atoms with Crippen molar-refractivity contribution < 1.29 is 14.4 Å². The van der Waals surface area contributed by atoms with E-state index in [4.69, 9.17) is 14.4 Å². The Labute approximate surface area is 147 Å². The van der Waals surface area contributed by atoms with Gasteiger partial charge in [-0.25, -0.2) is 0 Å². The molecule has 0 spiro atoms. The van der Waals surface area contributed by atoms with Gasteiger partial charge in [-0.1, -0.05) is 17.3 Å². The maximum absolute atomic E-state index is 12.4. The summed E-state index contributed by atoms with van der Waals surface area (Å²) in [4.78, 5) is 23.7. The lowest BCUT2D eigenvalue weighted by Gasteiger charge is -2.08. The van der Waals surface area contributed by atoms with Crippen LogP contribution in [0.4, 0.5) is 0 Å². The second-order valence-electron chi connectivity index (χ2n) is 5.53. The molecule has 0 aliphatic rings. The summed E-state index contributed by atoms with van der Waals surface area (Å²) in [5.41, 5.74) is 2.04. The minimum Gasteiger partial charge on any atom is -0.497 e. The molecule has 0 unspecified atom stereocenters. The predicted octanol–water partition coefficient (Wildman–Crippen LogP) is 2.14. The van der Waals surface area contributed by atoms with E-state index in [0.29, 0.717) is 17.0 Å². The van der Waals surface area contributed by atoms with Gasteiger partial charge in [0.15, 0.2) is 0 Å². The van der Waals surface area contributed by atoms with Crippen LogP contribution in [0, 0.1) is 0 Å². The minimum absolute atomic E-state index is 0.0405. The van der Waals surface area contributed by atoms with Crippen LogP contribution in [-0.4, -0.2) is 32.3 Å². The Bertz CT molecular complexity index is 1150. The van der Waals surface area contributed by atoms with Crippen LogP contribution in [0.5, 0.6) is 5.75 Å². The molecule has 0 amide bonds. The molecule has 4 rings (SSSR count). The number of aliphatic hydroxyl groups excluding tert-OH is 1. The summed E-state index contributed by atoms with van der Waals surface area (Å²) < 4.78 is 10.2. The highest BCUT2D eigenvalue weighted by atomic mass is 16.5. The van der Waals surface area contributed by atoms with E-state index < -0.39 is 6.61 Å². The third kappa shape index (κ3) is 2.72.